The molecule has 1 N–H and O–H groups in total. The van der Waals surface area contributed by atoms with Crippen LogP contribution >= 0.6 is 11.6 Å². The van der Waals surface area contributed by atoms with Gasteiger partial charge in [0.05, 0.1) is 28.9 Å². The standard InChI is InChI=1S/C35H27ClN6O4/c36-24-13-14-29-28(20-24)30(23-8-2-1-3-9-23)39-35(38-29)41-17-15-40(16-18-41)34(46)31(43)37-25-10-6-7-22(19-25)21-42-32(44)26-11-4-5-12-27(26)33(42)45/h1-14,19-20H,15-18,21H2,(H,37,43). The molecule has 0 spiro atoms. The van der Waals surface area contributed by atoms with Gasteiger partial charge < -0.3 is 15.1 Å². The summed E-state index contributed by atoms with van der Waals surface area (Å²) in [6.07, 6.45) is 0. The number of hydrogen-bond donors (Lipinski definition) is 1. The van der Waals surface area contributed by atoms with Crippen molar-refractivity contribution in [3.63, 3.8) is 0 Å². The lowest BCUT2D eigenvalue weighted by atomic mass is 10.1. The molecule has 0 bridgehead atoms. The van der Waals surface area contributed by atoms with E-state index in [2.05, 4.69) is 5.32 Å². The second-order valence-electron chi connectivity index (χ2n) is 11.1. The van der Waals surface area contributed by atoms with Gasteiger partial charge in [-0.25, -0.2) is 9.97 Å². The van der Waals surface area contributed by atoms with E-state index in [9.17, 15) is 19.2 Å². The molecule has 2 aliphatic heterocycles. The van der Waals surface area contributed by atoms with Crippen molar-refractivity contribution >= 4 is 57.8 Å². The summed E-state index contributed by atoms with van der Waals surface area (Å²) in [5, 5.41) is 4.12. The molecule has 1 aromatic heterocycles. The number of carbonyl (C=O) groups is 4. The number of rotatable bonds is 5. The van der Waals surface area contributed by atoms with E-state index in [1.165, 1.54) is 9.80 Å². The summed E-state index contributed by atoms with van der Waals surface area (Å²) in [4.78, 5) is 66.0. The molecule has 0 aliphatic carbocycles. The summed E-state index contributed by atoms with van der Waals surface area (Å²) < 4.78 is 0. The minimum atomic E-state index is -0.767. The number of carbonyl (C=O) groups excluding carboxylic acids is 4. The molecular formula is C35H27ClN6O4. The van der Waals surface area contributed by atoms with E-state index in [1.807, 2.05) is 47.4 Å². The van der Waals surface area contributed by atoms with Crippen LogP contribution in [0.25, 0.3) is 22.2 Å². The molecule has 228 valence electrons. The average Bonchev–Trinajstić information content (AvgIpc) is 3.33. The average molecular weight is 631 g/mol. The quantitative estimate of drug-likeness (QED) is 0.214. The third kappa shape index (κ3) is 5.54. The molecular weight excluding hydrogens is 604 g/mol. The zero-order chi connectivity index (χ0) is 31.8. The van der Waals surface area contributed by atoms with Crippen molar-refractivity contribution in [3.8, 4) is 11.3 Å². The lowest BCUT2D eigenvalue weighted by molar-refractivity contribution is -0.143. The third-order valence-electron chi connectivity index (χ3n) is 8.14. The first-order chi connectivity index (χ1) is 22.4. The number of nitrogens with zero attached hydrogens (tertiary/aromatic N) is 5. The Labute approximate surface area is 269 Å². The van der Waals surface area contributed by atoms with Crippen LogP contribution in [0.2, 0.25) is 5.02 Å². The minimum Gasteiger partial charge on any atom is -0.337 e. The maximum atomic E-state index is 13.1. The molecule has 3 heterocycles. The number of hydrogen-bond acceptors (Lipinski definition) is 7. The number of aromatic nitrogens is 2. The highest BCUT2D eigenvalue weighted by molar-refractivity contribution is 6.39. The number of halogens is 1. The lowest BCUT2D eigenvalue weighted by Crippen LogP contribution is -2.52. The SMILES string of the molecule is O=C(Nc1cccc(CN2C(=O)c3ccccc3C2=O)c1)C(=O)N1CCN(c2nc(-c3ccccc3)c3cc(Cl)ccc3n2)CC1. The van der Waals surface area contributed by atoms with Crippen molar-refractivity contribution in [2.45, 2.75) is 6.54 Å². The van der Waals surface area contributed by atoms with Crippen LogP contribution in [0.15, 0.2) is 97.1 Å². The molecule has 7 rings (SSSR count). The Morgan fingerprint density at radius 2 is 1.46 bits per heavy atom. The van der Waals surface area contributed by atoms with Crippen LogP contribution < -0.4 is 10.2 Å². The fourth-order valence-corrected chi connectivity index (χ4v) is 5.97. The van der Waals surface area contributed by atoms with E-state index >= 15 is 0 Å². The smallest absolute Gasteiger partial charge is 0.313 e. The highest BCUT2D eigenvalue weighted by atomic mass is 35.5. The van der Waals surface area contributed by atoms with Gasteiger partial charge in [-0.3, -0.25) is 24.1 Å². The van der Waals surface area contributed by atoms with Gasteiger partial charge in [-0.1, -0.05) is 66.2 Å². The zero-order valence-corrected chi connectivity index (χ0v) is 25.3. The summed E-state index contributed by atoms with van der Waals surface area (Å²) in [5.74, 6) is -1.60. The molecule has 1 fully saturated rings. The van der Waals surface area contributed by atoms with Gasteiger partial charge in [-0.2, -0.15) is 0 Å². The molecule has 4 aromatic carbocycles. The number of piperazine rings is 1. The van der Waals surface area contributed by atoms with Gasteiger partial charge in [0.1, 0.15) is 0 Å². The number of amides is 4. The second kappa shape index (κ2) is 12.1. The molecule has 4 amide bonds. The first-order valence-corrected chi connectivity index (χ1v) is 15.2. The summed E-state index contributed by atoms with van der Waals surface area (Å²) in [6, 6.07) is 28.8. The number of nitrogens with one attached hydrogen (secondary N) is 1. The number of imide groups is 1. The van der Waals surface area contributed by atoms with Gasteiger partial charge in [0, 0.05) is 47.8 Å². The molecule has 11 heteroatoms. The van der Waals surface area contributed by atoms with Crippen molar-refractivity contribution in [2.24, 2.45) is 0 Å². The van der Waals surface area contributed by atoms with Crippen molar-refractivity contribution in [1.29, 1.82) is 0 Å². The molecule has 2 aliphatic rings. The summed E-state index contributed by atoms with van der Waals surface area (Å²) in [7, 11) is 0. The van der Waals surface area contributed by atoms with Crippen LogP contribution in [-0.4, -0.2) is 69.6 Å². The van der Waals surface area contributed by atoms with E-state index in [0.717, 1.165) is 22.2 Å². The fraction of sp³-hybridized carbons (Fsp3) is 0.143. The molecule has 5 aromatic rings. The van der Waals surface area contributed by atoms with Gasteiger partial charge in [-0.05, 0) is 48.0 Å². The van der Waals surface area contributed by atoms with E-state index in [-0.39, 0.29) is 18.4 Å². The largest absolute Gasteiger partial charge is 0.337 e. The first-order valence-electron chi connectivity index (χ1n) is 14.8. The maximum absolute atomic E-state index is 13.1. The third-order valence-corrected chi connectivity index (χ3v) is 8.38. The van der Waals surface area contributed by atoms with E-state index in [0.29, 0.717) is 59.5 Å². The predicted molar refractivity (Wildman–Crippen MR) is 174 cm³/mol. The molecule has 10 nitrogen and oxygen atoms in total. The van der Waals surface area contributed by atoms with Crippen molar-refractivity contribution in [3.05, 3.63) is 119 Å². The Kier molecular flexibility index (Phi) is 7.63. The lowest BCUT2D eigenvalue weighted by Gasteiger charge is -2.34. The summed E-state index contributed by atoms with van der Waals surface area (Å²) in [5.41, 5.74) is 4.25. The first kappa shape index (κ1) is 29.1. The van der Waals surface area contributed by atoms with Crippen LogP contribution in [0.5, 0.6) is 0 Å². The van der Waals surface area contributed by atoms with Crippen LogP contribution in [0.1, 0.15) is 26.3 Å². The normalized spacial score (nSPS) is 14.5. The molecule has 0 unspecified atom stereocenters. The van der Waals surface area contributed by atoms with Gasteiger partial charge in [-0.15, -0.1) is 0 Å². The topological polar surface area (TPSA) is 116 Å². The van der Waals surface area contributed by atoms with Crippen LogP contribution in [0.4, 0.5) is 11.6 Å². The molecule has 0 atom stereocenters. The second-order valence-corrected chi connectivity index (χ2v) is 11.5. The van der Waals surface area contributed by atoms with Gasteiger partial charge >= 0.3 is 11.8 Å². The highest BCUT2D eigenvalue weighted by Crippen LogP contribution is 2.31. The monoisotopic (exact) mass is 630 g/mol. The number of benzene rings is 4. The Morgan fingerprint density at radius 3 is 2.17 bits per heavy atom. The van der Waals surface area contributed by atoms with Crippen LogP contribution in [-0.2, 0) is 16.1 Å². The molecule has 46 heavy (non-hydrogen) atoms. The highest BCUT2D eigenvalue weighted by Gasteiger charge is 2.35. The Hall–Kier alpha value is -5.61. The molecule has 0 radical (unpaired) electrons. The fourth-order valence-electron chi connectivity index (χ4n) is 5.80. The Morgan fingerprint density at radius 1 is 0.761 bits per heavy atom. The van der Waals surface area contributed by atoms with E-state index < -0.39 is 11.8 Å². The zero-order valence-electron chi connectivity index (χ0n) is 24.5. The van der Waals surface area contributed by atoms with Gasteiger partial charge in [0.25, 0.3) is 11.8 Å². The van der Waals surface area contributed by atoms with Crippen LogP contribution in [0.3, 0.4) is 0 Å². The molecule has 1 saturated heterocycles. The van der Waals surface area contributed by atoms with Gasteiger partial charge in [0.2, 0.25) is 5.95 Å². The van der Waals surface area contributed by atoms with Crippen molar-refractivity contribution in [1.82, 2.24) is 19.8 Å². The van der Waals surface area contributed by atoms with Crippen LogP contribution in [0, 0.1) is 0 Å². The Bertz CT molecular complexity index is 1990. The maximum Gasteiger partial charge on any atom is 0.313 e. The summed E-state index contributed by atoms with van der Waals surface area (Å²) in [6.45, 7) is 1.56. The number of anilines is 2. The van der Waals surface area contributed by atoms with Crippen molar-refractivity contribution in [2.75, 3.05) is 36.4 Å². The minimum absolute atomic E-state index is 0.0435. The van der Waals surface area contributed by atoms with E-state index in [1.54, 1.807) is 54.6 Å². The Balaban J connectivity index is 1.00. The van der Waals surface area contributed by atoms with Gasteiger partial charge in [0.15, 0.2) is 0 Å². The summed E-state index contributed by atoms with van der Waals surface area (Å²) >= 11 is 6.29. The van der Waals surface area contributed by atoms with E-state index in [4.69, 9.17) is 21.6 Å². The predicted octanol–water partition coefficient (Wildman–Crippen LogP) is 5.03. The number of fused-ring (bicyclic) bond motifs is 2. The molecule has 0 saturated carbocycles. The van der Waals surface area contributed by atoms with Crippen molar-refractivity contribution < 1.29 is 19.2 Å².